The lowest BCUT2D eigenvalue weighted by Crippen LogP contribution is -2.52. The molecule has 1 aromatic rings. The van der Waals surface area contributed by atoms with E-state index in [9.17, 15) is 9.90 Å². The van der Waals surface area contributed by atoms with E-state index in [1.165, 1.54) is 0 Å². The van der Waals surface area contributed by atoms with Crippen LogP contribution in [0.15, 0.2) is 18.2 Å². The highest BCUT2D eigenvalue weighted by atomic mass is 35.5. The zero-order valence-corrected chi connectivity index (χ0v) is 13.8. The molecule has 1 aliphatic rings. The normalized spacial score (nSPS) is 17.1. The second kappa shape index (κ2) is 6.53. The summed E-state index contributed by atoms with van der Waals surface area (Å²) < 4.78 is 0. The van der Waals surface area contributed by atoms with Crippen LogP contribution >= 0.6 is 23.2 Å². The molecule has 1 amide bonds. The van der Waals surface area contributed by atoms with Crippen LogP contribution in [0.5, 0.6) is 0 Å². The molecule has 0 unspecified atom stereocenters. The number of aliphatic hydroxyl groups is 1. The van der Waals surface area contributed by atoms with Crippen molar-refractivity contribution < 1.29 is 9.90 Å². The Kier molecular flexibility index (Phi) is 5.15. The predicted octanol–water partition coefficient (Wildman–Crippen LogP) is 2.52. The van der Waals surface area contributed by atoms with Gasteiger partial charge in [-0.2, -0.15) is 0 Å². The summed E-state index contributed by atoms with van der Waals surface area (Å²) in [4.78, 5) is 16.4. The van der Waals surface area contributed by atoms with Crippen LogP contribution in [-0.2, 0) is 0 Å². The number of hydrogen-bond acceptors (Lipinski definition) is 3. The molecule has 1 aromatic carbocycles. The first kappa shape index (κ1) is 16.6. The lowest BCUT2D eigenvalue weighted by atomic mass is 10.1. The predicted molar refractivity (Wildman–Crippen MR) is 85.1 cm³/mol. The van der Waals surface area contributed by atoms with Gasteiger partial charge in [0.25, 0.3) is 5.91 Å². The van der Waals surface area contributed by atoms with Crippen LogP contribution in [0.25, 0.3) is 0 Å². The third-order valence-corrected chi connectivity index (χ3v) is 4.18. The quantitative estimate of drug-likeness (QED) is 0.926. The van der Waals surface area contributed by atoms with Crippen molar-refractivity contribution in [3.63, 3.8) is 0 Å². The van der Waals surface area contributed by atoms with E-state index < -0.39 is 5.60 Å². The highest BCUT2D eigenvalue weighted by molar-refractivity contribution is 6.42. The molecule has 2 rings (SSSR count). The van der Waals surface area contributed by atoms with Crippen molar-refractivity contribution in [3.05, 3.63) is 33.8 Å². The summed E-state index contributed by atoms with van der Waals surface area (Å²) in [6.45, 7) is 7.01. The van der Waals surface area contributed by atoms with Gasteiger partial charge in [0.15, 0.2) is 0 Å². The Bertz CT molecular complexity index is 521. The average Bonchev–Trinajstić information content (AvgIpc) is 2.40. The number of carbonyl (C=O) groups is 1. The van der Waals surface area contributed by atoms with Crippen molar-refractivity contribution in [1.82, 2.24) is 9.80 Å². The SMILES string of the molecule is CC(C)(O)CN1CCN(C(=O)c2ccc(Cl)c(Cl)c2)CC1. The monoisotopic (exact) mass is 330 g/mol. The number of amides is 1. The molecule has 21 heavy (non-hydrogen) atoms. The summed E-state index contributed by atoms with van der Waals surface area (Å²) in [5, 5.41) is 10.7. The van der Waals surface area contributed by atoms with Gasteiger partial charge in [0.1, 0.15) is 0 Å². The van der Waals surface area contributed by atoms with Crippen LogP contribution < -0.4 is 0 Å². The molecule has 0 aliphatic carbocycles. The van der Waals surface area contributed by atoms with Gasteiger partial charge in [-0.25, -0.2) is 0 Å². The number of rotatable bonds is 3. The Morgan fingerprint density at radius 1 is 1.19 bits per heavy atom. The second-order valence-corrected chi connectivity index (χ2v) is 6.82. The molecule has 0 bridgehead atoms. The number of nitrogens with zero attached hydrogens (tertiary/aromatic N) is 2. The van der Waals surface area contributed by atoms with Gasteiger partial charge in [-0.1, -0.05) is 23.2 Å². The highest BCUT2D eigenvalue weighted by Gasteiger charge is 2.25. The summed E-state index contributed by atoms with van der Waals surface area (Å²) >= 11 is 11.8. The molecule has 1 aliphatic heterocycles. The van der Waals surface area contributed by atoms with Crippen molar-refractivity contribution in [2.75, 3.05) is 32.7 Å². The Labute approximate surface area is 135 Å². The van der Waals surface area contributed by atoms with E-state index in [1.54, 1.807) is 36.9 Å². The van der Waals surface area contributed by atoms with Crippen molar-refractivity contribution in [2.45, 2.75) is 19.4 Å². The molecule has 0 radical (unpaired) electrons. The first-order valence-corrected chi connectivity index (χ1v) is 7.71. The minimum Gasteiger partial charge on any atom is -0.389 e. The van der Waals surface area contributed by atoms with Crippen LogP contribution in [0.4, 0.5) is 0 Å². The van der Waals surface area contributed by atoms with Crippen LogP contribution in [0.1, 0.15) is 24.2 Å². The topological polar surface area (TPSA) is 43.8 Å². The van der Waals surface area contributed by atoms with Crippen LogP contribution in [0.2, 0.25) is 10.0 Å². The molecule has 1 fully saturated rings. The van der Waals surface area contributed by atoms with Gasteiger partial charge in [0, 0.05) is 38.3 Å². The number of carbonyl (C=O) groups excluding carboxylic acids is 1. The van der Waals surface area contributed by atoms with E-state index in [0.29, 0.717) is 35.2 Å². The number of halogens is 2. The number of piperazine rings is 1. The second-order valence-electron chi connectivity index (χ2n) is 6.01. The zero-order chi connectivity index (χ0) is 15.6. The minimum absolute atomic E-state index is 0.0310. The zero-order valence-electron chi connectivity index (χ0n) is 12.3. The van der Waals surface area contributed by atoms with Crippen molar-refractivity contribution in [3.8, 4) is 0 Å². The Hall–Kier alpha value is -0.810. The van der Waals surface area contributed by atoms with E-state index in [2.05, 4.69) is 4.90 Å². The summed E-state index contributed by atoms with van der Waals surface area (Å²) in [6, 6.07) is 4.94. The fourth-order valence-corrected chi connectivity index (χ4v) is 2.77. The summed E-state index contributed by atoms with van der Waals surface area (Å²) in [7, 11) is 0. The highest BCUT2D eigenvalue weighted by Crippen LogP contribution is 2.23. The maximum absolute atomic E-state index is 12.4. The molecule has 1 N–H and O–H groups in total. The molecule has 116 valence electrons. The maximum atomic E-state index is 12.4. The molecule has 1 saturated heterocycles. The first-order chi connectivity index (χ1) is 9.76. The molecule has 0 atom stereocenters. The maximum Gasteiger partial charge on any atom is 0.253 e. The third kappa shape index (κ3) is 4.58. The van der Waals surface area contributed by atoms with Crippen LogP contribution in [0, 0.1) is 0 Å². The van der Waals surface area contributed by atoms with Gasteiger partial charge in [-0.15, -0.1) is 0 Å². The van der Waals surface area contributed by atoms with Crippen LogP contribution in [0.3, 0.4) is 0 Å². The standard InChI is InChI=1S/C15H20Cl2N2O2/c1-15(2,21)10-18-5-7-19(8-6-18)14(20)11-3-4-12(16)13(17)9-11/h3-4,9,21H,5-8,10H2,1-2H3. The fourth-order valence-electron chi connectivity index (χ4n) is 2.47. The number of hydrogen-bond donors (Lipinski definition) is 1. The molecule has 0 saturated carbocycles. The lowest BCUT2D eigenvalue weighted by molar-refractivity contribution is 0.0178. The molecule has 1 heterocycles. The van der Waals surface area contributed by atoms with Crippen molar-refractivity contribution in [1.29, 1.82) is 0 Å². The average molecular weight is 331 g/mol. The fraction of sp³-hybridized carbons (Fsp3) is 0.533. The van der Waals surface area contributed by atoms with Crippen molar-refractivity contribution in [2.24, 2.45) is 0 Å². The van der Waals surface area contributed by atoms with Crippen molar-refractivity contribution >= 4 is 29.1 Å². The van der Waals surface area contributed by atoms with Crippen LogP contribution in [-0.4, -0.2) is 59.1 Å². The summed E-state index contributed by atoms with van der Waals surface area (Å²) in [5.74, 6) is -0.0310. The molecular formula is C15H20Cl2N2O2. The largest absolute Gasteiger partial charge is 0.389 e. The first-order valence-electron chi connectivity index (χ1n) is 6.95. The van der Waals surface area contributed by atoms with E-state index in [-0.39, 0.29) is 5.91 Å². The van der Waals surface area contributed by atoms with Gasteiger partial charge in [-0.05, 0) is 32.0 Å². The Morgan fingerprint density at radius 3 is 2.33 bits per heavy atom. The lowest BCUT2D eigenvalue weighted by Gasteiger charge is -2.37. The van der Waals surface area contributed by atoms with E-state index in [0.717, 1.165) is 13.1 Å². The number of benzene rings is 1. The van der Waals surface area contributed by atoms with Gasteiger partial charge < -0.3 is 10.0 Å². The van der Waals surface area contributed by atoms with Gasteiger partial charge in [-0.3, -0.25) is 9.69 Å². The van der Waals surface area contributed by atoms with E-state index in [4.69, 9.17) is 23.2 Å². The third-order valence-electron chi connectivity index (χ3n) is 3.44. The molecule has 6 heteroatoms. The van der Waals surface area contributed by atoms with Gasteiger partial charge >= 0.3 is 0 Å². The minimum atomic E-state index is -0.712. The molecule has 4 nitrogen and oxygen atoms in total. The number of β-amino-alcohol motifs (C(OH)–C–C–N with tert-alkyl or cyclic N) is 1. The molecular weight excluding hydrogens is 311 g/mol. The van der Waals surface area contributed by atoms with E-state index >= 15 is 0 Å². The molecule has 0 aromatic heterocycles. The van der Waals surface area contributed by atoms with Gasteiger partial charge in [0.05, 0.1) is 15.6 Å². The Morgan fingerprint density at radius 2 is 1.81 bits per heavy atom. The summed E-state index contributed by atoms with van der Waals surface area (Å²) in [5.41, 5.74) is -0.157. The summed E-state index contributed by atoms with van der Waals surface area (Å²) in [6.07, 6.45) is 0. The smallest absolute Gasteiger partial charge is 0.253 e. The van der Waals surface area contributed by atoms with E-state index in [1.807, 2.05) is 0 Å². The molecule has 0 spiro atoms. The Balaban J connectivity index is 1.95. The van der Waals surface area contributed by atoms with Gasteiger partial charge in [0.2, 0.25) is 0 Å².